The van der Waals surface area contributed by atoms with E-state index in [1.807, 2.05) is 42.1 Å². The minimum atomic E-state index is -0.386. The summed E-state index contributed by atoms with van der Waals surface area (Å²) in [5, 5.41) is 8.03. The lowest BCUT2D eigenvalue weighted by atomic mass is 10.2. The lowest BCUT2D eigenvalue weighted by molar-refractivity contribution is 0.0603. The molecule has 3 aromatic heterocycles. The van der Waals surface area contributed by atoms with Gasteiger partial charge in [0.05, 0.1) is 30.1 Å². The maximum absolute atomic E-state index is 12.1. The first-order valence-corrected chi connectivity index (χ1v) is 7.93. The second-order valence-corrected chi connectivity index (χ2v) is 5.69. The van der Waals surface area contributed by atoms with Crippen LogP contribution in [0.3, 0.4) is 0 Å². The van der Waals surface area contributed by atoms with E-state index < -0.39 is 0 Å². The van der Waals surface area contributed by atoms with Crippen LogP contribution in [-0.4, -0.2) is 37.4 Å². The van der Waals surface area contributed by atoms with Gasteiger partial charge in [0.2, 0.25) is 5.95 Å². The van der Waals surface area contributed by atoms with Crippen LogP contribution in [0.1, 0.15) is 10.4 Å². The van der Waals surface area contributed by atoms with E-state index >= 15 is 0 Å². The molecule has 0 aliphatic heterocycles. The summed E-state index contributed by atoms with van der Waals surface area (Å²) in [6.07, 6.45) is 6.91. The number of nitrogens with zero attached hydrogens (tertiary/aromatic N) is 5. The fourth-order valence-electron chi connectivity index (χ4n) is 2.80. The number of fused-ring (bicyclic) bond motifs is 1. The van der Waals surface area contributed by atoms with Crippen molar-refractivity contribution >= 4 is 28.5 Å². The Balaban J connectivity index is 1.78. The number of aryl methyl sites for hydroxylation is 1. The van der Waals surface area contributed by atoms with Gasteiger partial charge in [0.1, 0.15) is 5.82 Å². The van der Waals surface area contributed by atoms with E-state index in [-0.39, 0.29) is 5.97 Å². The highest BCUT2D eigenvalue weighted by molar-refractivity contribution is 6.04. The third-order valence-corrected chi connectivity index (χ3v) is 3.97. The fraction of sp³-hybridized carbons (Fsp3) is 0.111. The van der Waals surface area contributed by atoms with Crippen LogP contribution in [0.15, 0.2) is 55.1 Å². The van der Waals surface area contributed by atoms with Gasteiger partial charge in [0.15, 0.2) is 0 Å². The van der Waals surface area contributed by atoms with Gasteiger partial charge in [0, 0.05) is 31.0 Å². The quantitative estimate of drug-likeness (QED) is 0.571. The number of esters is 1. The standard InChI is InChI=1S/C18H16N6O2/c1-23-10-12(9-20-23)21-18-19-8-7-16(22-18)24-11-14(17(25)26-2)13-5-3-4-6-15(13)24/h3-11H,1-2H3,(H,19,21,22). The Hall–Kier alpha value is -3.68. The number of hydrogen-bond donors (Lipinski definition) is 1. The molecule has 0 saturated carbocycles. The largest absolute Gasteiger partial charge is 0.465 e. The summed E-state index contributed by atoms with van der Waals surface area (Å²) in [7, 11) is 3.21. The highest BCUT2D eigenvalue weighted by Crippen LogP contribution is 2.25. The third kappa shape index (κ3) is 2.77. The first-order chi connectivity index (χ1) is 12.7. The van der Waals surface area contributed by atoms with Gasteiger partial charge < -0.3 is 14.6 Å². The summed E-state index contributed by atoms with van der Waals surface area (Å²) in [6, 6.07) is 9.39. The minimum absolute atomic E-state index is 0.386. The molecule has 1 N–H and O–H groups in total. The average molecular weight is 348 g/mol. The molecule has 0 saturated heterocycles. The number of anilines is 2. The summed E-state index contributed by atoms with van der Waals surface area (Å²) in [4.78, 5) is 20.9. The van der Waals surface area contributed by atoms with Crippen molar-refractivity contribution < 1.29 is 9.53 Å². The van der Waals surface area contributed by atoms with Gasteiger partial charge in [-0.05, 0) is 12.1 Å². The van der Waals surface area contributed by atoms with E-state index in [2.05, 4.69) is 20.4 Å². The Morgan fingerprint density at radius 1 is 1.19 bits per heavy atom. The third-order valence-electron chi connectivity index (χ3n) is 3.97. The van der Waals surface area contributed by atoms with Gasteiger partial charge in [-0.15, -0.1) is 0 Å². The predicted octanol–water partition coefficient (Wildman–Crippen LogP) is 2.68. The molecule has 0 atom stereocenters. The normalized spacial score (nSPS) is 10.8. The van der Waals surface area contributed by atoms with E-state index in [0.29, 0.717) is 17.3 Å². The van der Waals surface area contributed by atoms with Crippen LogP contribution in [-0.2, 0) is 11.8 Å². The van der Waals surface area contributed by atoms with E-state index in [1.165, 1.54) is 7.11 Å². The number of ether oxygens (including phenoxy) is 1. The van der Waals surface area contributed by atoms with Crippen molar-refractivity contribution in [3.8, 4) is 5.82 Å². The molecule has 0 spiro atoms. The van der Waals surface area contributed by atoms with Crippen LogP contribution in [0.5, 0.6) is 0 Å². The van der Waals surface area contributed by atoms with Crippen LogP contribution in [0, 0.1) is 0 Å². The molecule has 0 fully saturated rings. The number of benzene rings is 1. The second kappa shape index (κ2) is 6.32. The zero-order valence-electron chi connectivity index (χ0n) is 14.2. The molecule has 4 aromatic rings. The van der Waals surface area contributed by atoms with Crippen LogP contribution in [0.25, 0.3) is 16.7 Å². The summed E-state index contributed by atoms with van der Waals surface area (Å²) < 4.78 is 8.43. The maximum Gasteiger partial charge on any atom is 0.340 e. The Bertz CT molecular complexity index is 1100. The smallest absolute Gasteiger partial charge is 0.340 e. The molecule has 1 aromatic carbocycles. The Labute approximate surface area is 149 Å². The molecule has 0 radical (unpaired) electrons. The van der Waals surface area contributed by atoms with Crippen molar-refractivity contribution in [1.82, 2.24) is 24.3 Å². The highest BCUT2D eigenvalue weighted by Gasteiger charge is 2.16. The monoisotopic (exact) mass is 348 g/mol. The summed E-state index contributed by atoms with van der Waals surface area (Å²) in [5.41, 5.74) is 2.14. The predicted molar refractivity (Wildman–Crippen MR) is 96.7 cm³/mol. The van der Waals surface area contributed by atoms with Gasteiger partial charge in [-0.25, -0.2) is 9.78 Å². The number of methoxy groups -OCH3 is 1. The van der Waals surface area contributed by atoms with Crippen molar-refractivity contribution in [2.75, 3.05) is 12.4 Å². The molecule has 3 heterocycles. The van der Waals surface area contributed by atoms with Crippen molar-refractivity contribution in [3.63, 3.8) is 0 Å². The number of carbonyl (C=O) groups excluding carboxylic acids is 1. The maximum atomic E-state index is 12.1. The first kappa shape index (κ1) is 15.8. The number of rotatable bonds is 4. The van der Waals surface area contributed by atoms with Gasteiger partial charge in [-0.1, -0.05) is 18.2 Å². The van der Waals surface area contributed by atoms with Crippen molar-refractivity contribution in [2.24, 2.45) is 7.05 Å². The average Bonchev–Trinajstić information content (AvgIpc) is 3.25. The molecule has 0 aliphatic rings. The summed E-state index contributed by atoms with van der Waals surface area (Å²) in [5.74, 6) is 0.688. The summed E-state index contributed by atoms with van der Waals surface area (Å²) >= 11 is 0. The molecule has 0 bridgehead atoms. The number of carbonyl (C=O) groups is 1. The van der Waals surface area contributed by atoms with E-state index in [1.54, 1.807) is 29.3 Å². The topological polar surface area (TPSA) is 86.9 Å². The van der Waals surface area contributed by atoms with Crippen LogP contribution >= 0.6 is 0 Å². The van der Waals surface area contributed by atoms with Gasteiger partial charge in [-0.3, -0.25) is 4.68 Å². The Morgan fingerprint density at radius 3 is 2.81 bits per heavy atom. The SMILES string of the molecule is COC(=O)c1cn(-c2ccnc(Nc3cnn(C)c3)n2)c2ccccc12. The van der Waals surface area contributed by atoms with Crippen molar-refractivity contribution in [3.05, 3.63) is 60.7 Å². The molecule has 130 valence electrons. The summed E-state index contributed by atoms with van der Waals surface area (Å²) in [6.45, 7) is 0. The zero-order valence-corrected chi connectivity index (χ0v) is 14.2. The molecule has 0 unspecified atom stereocenters. The Morgan fingerprint density at radius 2 is 2.04 bits per heavy atom. The highest BCUT2D eigenvalue weighted by atomic mass is 16.5. The van der Waals surface area contributed by atoms with Crippen molar-refractivity contribution in [2.45, 2.75) is 0 Å². The molecule has 0 aliphatic carbocycles. The van der Waals surface area contributed by atoms with Crippen LogP contribution in [0.4, 0.5) is 11.6 Å². The van der Waals surface area contributed by atoms with Crippen molar-refractivity contribution in [1.29, 1.82) is 0 Å². The van der Waals surface area contributed by atoms with Gasteiger partial charge >= 0.3 is 5.97 Å². The lowest BCUT2D eigenvalue weighted by Gasteiger charge is -2.07. The zero-order chi connectivity index (χ0) is 18.1. The molecule has 4 rings (SSSR count). The van der Waals surface area contributed by atoms with Gasteiger partial charge in [0.25, 0.3) is 0 Å². The fourth-order valence-corrected chi connectivity index (χ4v) is 2.80. The van der Waals surface area contributed by atoms with Crippen LogP contribution < -0.4 is 5.32 Å². The lowest BCUT2D eigenvalue weighted by Crippen LogP contribution is -2.02. The second-order valence-electron chi connectivity index (χ2n) is 5.69. The van der Waals surface area contributed by atoms with E-state index in [4.69, 9.17) is 4.74 Å². The number of aromatic nitrogens is 5. The Kier molecular flexibility index (Phi) is 3.85. The molecule has 0 amide bonds. The number of para-hydroxylation sites is 1. The molecule has 8 nitrogen and oxygen atoms in total. The number of hydrogen-bond acceptors (Lipinski definition) is 6. The van der Waals surface area contributed by atoms with E-state index in [0.717, 1.165) is 16.6 Å². The molecule has 8 heteroatoms. The van der Waals surface area contributed by atoms with E-state index in [9.17, 15) is 4.79 Å². The molecular weight excluding hydrogens is 332 g/mol. The molecular formula is C18H16N6O2. The number of nitrogens with one attached hydrogen (secondary N) is 1. The minimum Gasteiger partial charge on any atom is -0.465 e. The van der Waals surface area contributed by atoms with Crippen LogP contribution in [0.2, 0.25) is 0 Å². The first-order valence-electron chi connectivity index (χ1n) is 7.93. The van der Waals surface area contributed by atoms with Gasteiger partial charge in [-0.2, -0.15) is 10.1 Å². The molecule has 26 heavy (non-hydrogen) atoms.